The highest BCUT2D eigenvalue weighted by molar-refractivity contribution is 6.04. The van der Waals surface area contributed by atoms with Gasteiger partial charge >= 0.3 is 0 Å². The first-order chi connectivity index (χ1) is 12.3. The molecule has 0 heterocycles. The number of aryl methyl sites for hydroxylation is 2. The number of ether oxygens (including phenoxy) is 1. The largest absolute Gasteiger partial charge is 0.480 e. The van der Waals surface area contributed by atoms with Crippen LogP contribution in [0.1, 0.15) is 42.3 Å². The van der Waals surface area contributed by atoms with E-state index in [1.165, 1.54) is 0 Å². The third kappa shape index (κ3) is 4.85. The van der Waals surface area contributed by atoms with Gasteiger partial charge < -0.3 is 15.4 Å². The van der Waals surface area contributed by atoms with Crippen LogP contribution in [0.25, 0.3) is 0 Å². The van der Waals surface area contributed by atoms with E-state index in [0.717, 1.165) is 11.1 Å². The average Bonchev–Trinajstić information content (AvgIpc) is 2.57. The van der Waals surface area contributed by atoms with Gasteiger partial charge in [0.05, 0.1) is 11.3 Å². The summed E-state index contributed by atoms with van der Waals surface area (Å²) >= 11 is 0. The molecule has 138 valence electrons. The van der Waals surface area contributed by atoms with Crippen LogP contribution >= 0.6 is 0 Å². The van der Waals surface area contributed by atoms with Crippen LogP contribution in [0.4, 0.5) is 5.69 Å². The molecule has 26 heavy (non-hydrogen) atoms. The molecular formula is C21H26N2O3. The first-order valence-corrected chi connectivity index (χ1v) is 8.73. The number of hydrogen-bond donors (Lipinski definition) is 2. The molecule has 5 nitrogen and oxygen atoms in total. The first kappa shape index (κ1) is 19.5. The summed E-state index contributed by atoms with van der Waals surface area (Å²) in [7, 11) is 0. The summed E-state index contributed by atoms with van der Waals surface area (Å²) in [5.74, 6) is 0.178. The first-order valence-electron chi connectivity index (χ1n) is 8.73. The standard InChI is InChI=1S/C21H26N2O3/c1-13(2)22-21(25)17-11-6-7-12-18(17)23-20(24)16(5)26-19-14(3)9-8-10-15(19)4/h6-13,16H,1-5H3,(H,22,25)(H,23,24). The van der Waals surface area contributed by atoms with E-state index in [2.05, 4.69) is 10.6 Å². The van der Waals surface area contributed by atoms with Crippen LogP contribution in [0.15, 0.2) is 42.5 Å². The summed E-state index contributed by atoms with van der Waals surface area (Å²) < 4.78 is 5.86. The molecule has 1 atom stereocenters. The van der Waals surface area contributed by atoms with E-state index in [1.54, 1.807) is 31.2 Å². The zero-order chi connectivity index (χ0) is 19.3. The molecule has 2 aromatic rings. The molecule has 2 amide bonds. The highest BCUT2D eigenvalue weighted by atomic mass is 16.5. The van der Waals surface area contributed by atoms with E-state index in [9.17, 15) is 9.59 Å². The molecule has 0 radical (unpaired) electrons. The molecule has 2 aromatic carbocycles. The van der Waals surface area contributed by atoms with E-state index >= 15 is 0 Å². The fourth-order valence-electron chi connectivity index (χ4n) is 2.58. The smallest absolute Gasteiger partial charge is 0.265 e. The van der Waals surface area contributed by atoms with Crippen LogP contribution in [-0.4, -0.2) is 24.0 Å². The van der Waals surface area contributed by atoms with Gasteiger partial charge in [0.2, 0.25) is 0 Å². The zero-order valence-corrected chi connectivity index (χ0v) is 15.9. The normalized spacial score (nSPS) is 11.8. The molecular weight excluding hydrogens is 328 g/mol. The number of anilines is 1. The number of hydrogen-bond acceptors (Lipinski definition) is 3. The number of para-hydroxylation sites is 2. The Morgan fingerprint density at radius 3 is 2.15 bits per heavy atom. The maximum Gasteiger partial charge on any atom is 0.265 e. The molecule has 0 aliphatic carbocycles. The Kier molecular flexibility index (Phi) is 6.39. The van der Waals surface area contributed by atoms with Gasteiger partial charge in [-0.2, -0.15) is 0 Å². The summed E-state index contributed by atoms with van der Waals surface area (Å²) in [6.07, 6.45) is -0.698. The summed E-state index contributed by atoms with van der Waals surface area (Å²) in [6.45, 7) is 9.36. The second-order valence-electron chi connectivity index (χ2n) is 6.64. The van der Waals surface area contributed by atoms with Crippen LogP contribution in [0, 0.1) is 13.8 Å². The van der Waals surface area contributed by atoms with Crippen LogP contribution in [0.3, 0.4) is 0 Å². The van der Waals surface area contributed by atoms with E-state index in [4.69, 9.17) is 4.74 Å². The topological polar surface area (TPSA) is 67.4 Å². The van der Waals surface area contributed by atoms with E-state index in [1.807, 2.05) is 45.9 Å². The van der Waals surface area contributed by atoms with E-state index in [0.29, 0.717) is 17.0 Å². The molecule has 0 fully saturated rings. The highest BCUT2D eigenvalue weighted by Crippen LogP contribution is 2.24. The predicted molar refractivity (Wildman–Crippen MR) is 104 cm³/mol. The molecule has 0 aliphatic rings. The monoisotopic (exact) mass is 354 g/mol. The molecule has 0 aliphatic heterocycles. The van der Waals surface area contributed by atoms with Crippen molar-refractivity contribution in [2.45, 2.75) is 46.8 Å². The third-order valence-electron chi connectivity index (χ3n) is 3.92. The van der Waals surface area contributed by atoms with Gasteiger partial charge in [-0.05, 0) is 57.9 Å². The number of amides is 2. The Morgan fingerprint density at radius 1 is 0.923 bits per heavy atom. The Morgan fingerprint density at radius 2 is 1.54 bits per heavy atom. The van der Waals surface area contributed by atoms with Crippen molar-refractivity contribution in [1.29, 1.82) is 0 Å². The fraction of sp³-hybridized carbons (Fsp3) is 0.333. The van der Waals surface area contributed by atoms with Gasteiger partial charge in [0.15, 0.2) is 6.10 Å². The number of nitrogens with one attached hydrogen (secondary N) is 2. The lowest BCUT2D eigenvalue weighted by molar-refractivity contribution is -0.122. The Bertz CT molecular complexity index is 779. The van der Waals surface area contributed by atoms with Gasteiger partial charge in [-0.15, -0.1) is 0 Å². The predicted octanol–water partition coefficient (Wildman–Crippen LogP) is 3.85. The number of carbonyl (C=O) groups excluding carboxylic acids is 2. The summed E-state index contributed by atoms with van der Waals surface area (Å²) in [5.41, 5.74) is 2.84. The minimum atomic E-state index is -0.698. The van der Waals surface area contributed by atoms with Crippen molar-refractivity contribution in [1.82, 2.24) is 5.32 Å². The zero-order valence-electron chi connectivity index (χ0n) is 15.9. The van der Waals surface area contributed by atoms with Gasteiger partial charge in [0.1, 0.15) is 5.75 Å². The molecule has 2 N–H and O–H groups in total. The van der Waals surface area contributed by atoms with Crippen LogP contribution in [0.2, 0.25) is 0 Å². The van der Waals surface area contributed by atoms with Crippen LogP contribution in [-0.2, 0) is 4.79 Å². The van der Waals surface area contributed by atoms with Crippen molar-refractivity contribution in [3.05, 3.63) is 59.2 Å². The molecule has 0 aromatic heterocycles. The lowest BCUT2D eigenvalue weighted by Crippen LogP contribution is -2.33. The molecule has 2 rings (SSSR count). The molecule has 0 saturated heterocycles. The molecule has 5 heteroatoms. The van der Waals surface area contributed by atoms with Crippen molar-refractivity contribution in [2.75, 3.05) is 5.32 Å². The molecule has 1 unspecified atom stereocenters. The van der Waals surface area contributed by atoms with Gasteiger partial charge in [-0.1, -0.05) is 30.3 Å². The maximum atomic E-state index is 12.6. The molecule has 0 spiro atoms. The lowest BCUT2D eigenvalue weighted by atomic mass is 10.1. The van der Waals surface area contributed by atoms with E-state index < -0.39 is 6.10 Å². The number of benzene rings is 2. The molecule has 0 bridgehead atoms. The second kappa shape index (κ2) is 8.52. The molecule has 0 saturated carbocycles. The van der Waals surface area contributed by atoms with Crippen LogP contribution < -0.4 is 15.4 Å². The highest BCUT2D eigenvalue weighted by Gasteiger charge is 2.20. The average molecular weight is 354 g/mol. The summed E-state index contributed by atoms with van der Waals surface area (Å²) in [6, 6.07) is 12.8. The quantitative estimate of drug-likeness (QED) is 0.828. The maximum absolute atomic E-state index is 12.6. The minimum Gasteiger partial charge on any atom is -0.480 e. The minimum absolute atomic E-state index is 0.0116. The summed E-state index contributed by atoms with van der Waals surface area (Å²) in [4.78, 5) is 24.9. The van der Waals surface area contributed by atoms with Crippen molar-refractivity contribution in [3.63, 3.8) is 0 Å². The van der Waals surface area contributed by atoms with Gasteiger partial charge in [0, 0.05) is 6.04 Å². The third-order valence-corrected chi connectivity index (χ3v) is 3.92. The van der Waals surface area contributed by atoms with Gasteiger partial charge in [0.25, 0.3) is 11.8 Å². The fourth-order valence-corrected chi connectivity index (χ4v) is 2.58. The van der Waals surface area contributed by atoms with Crippen molar-refractivity contribution in [3.8, 4) is 5.75 Å². The lowest BCUT2D eigenvalue weighted by Gasteiger charge is -2.19. The van der Waals surface area contributed by atoms with Gasteiger partial charge in [-0.3, -0.25) is 9.59 Å². The van der Waals surface area contributed by atoms with E-state index in [-0.39, 0.29) is 17.9 Å². The second-order valence-corrected chi connectivity index (χ2v) is 6.64. The van der Waals surface area contributed by atoms with Crippen molar-refractivity contribution < 1.29 is 14.3 Å². The van der Waals surface area contributed by atoms with Crippen molar-refractivity contribution in [2.24, 2.45) is 0 Å². The Balaban J connectivity index is 2.13. The van der Waals surface area contributed by atoms with Crippen LogP contribution in [0.5, 0.6) is 5.75 Å². The SMILES string of the molecule is Cc1cccc(C)c1OC(C)C(=O)Nc1ccccc1C(=O)NC(C)C. The summed E-state index contributed by atoms with van der Waals surface area (Å²) in [5, 5.41) is 5.63. The number of carbonyl (C=O) groups is 2. The Labute approximate surface area is 154 Å². The number of rotatable bonds is 6. The van der Waals surface area contributed by atoms with Crippen molar-refractivity contribution >= 4 is 17.5 Å². The van der Waals surface area contributed by atoms with Gasteiger partial charge in [-0.25, -0.2) is 0 Å². The Hall–Kier alpha value is -2.82.